The monoisotopic (exact) mass is 353 g/mol. The van der Waals surface area contributed by atoms with E-state index >= 15 is 0 Å². The number of ketones is 2. The topological polar surface area (TPSA) is 118 Å². The number of allylic oxidation sites excluding steroid dienone is 2. The average Bonchev–Trinajstić information content (AvgIpc) is 2.44. The smallest absolute Gasteiger partial charge is 0.549 e. The second kappa shape index (κ2) is 10.5. The molecule has 0 fully saturated rings. The first kappa shape index (κ1) is 25.8. The van der Waals surface area contributed by atoms with Crippen LogP contribution >= 0.6 is 0 Å². The van der Waals surface area contributed by atoms with Gasteiger partial charge in [0.15, 0.2) is 11.6 Å². The van der Waals surface area contributed by atoms with Crippen LogP contribution in [0.15, 0.2) is 22.5 Å². The Labute approximate surface area is 184 Å². The second-order valence-electron chi connectivity index (χ2n) is 4.90. The van der Waals surface area contributed by atoms with Gasteiger partial charge >= 0.3 is 59.1 Å². The van der Waals surface area contributed by atoms with Crippen molar-refractivity contribution in [3.63, 3.8) is 0 Å². The van der Waals surface area contributed by atoms with Crippen LogP contribution in [-0.2, 0) is 14.4 Å². The van der Waals surface area contributed by atoms with Crippen LogP contribution < -0.4 is 69.3 Å². The summed E-state index contributed by atoms with van der Waals surface area (Å²) in [6.45, 7) is 5.66. The molecule has 0 aromatic rings. The van der Waals surface area contributed by atoms with Crippen molar-refractivity contribution in [3.05, 3.63) is 22.5 Å². The molecule has 1 heterocycles. The van der Waals surface area contributed by atoms with E-state index in [1.54, 1.807) is 0 Å². The van der Waals surface area contributed by atoms with Crippen LogP contribution in [0.4, 0.5) is 4.79 Å². The SMILES string of the molecule is CCC(=O)C1=C(C)N(C(=O)[O-])C(C)=C(C(=O)CC)C1C(=O)[O-].[Na+].[Na+]. The first-order chi connectivity index (χ1) is 10.2. The summed E-state index contributed by atoms with van der Waals surface area (Å²) in [4.78, 5) is 47.7. The molecule has 0 bridgehead atoms. The molecule has 0 spiro atoms. The predicted molar refractivity (Wildman–Crippen MR) is 71.7 cm³/mol. The van der Waals surface area contributed by atoms with E-state index in [0.29, 0.717) is 4.90 Å². The maximum absolute atomic E-state index is 12.1. The van der Waals surface area contributed by atoms with E-state index in [9.17, 15) is 29.4 Å². The number of Topliss-reactive ketones (excluding diaryl/α,β-unsaturated/α-hetero) is 2. The molecule has 9 heteroatoms. The molecule has 0 aliphatic carbocycles. The fraction of sp³-hybridized carbons (Fsp3) is 0.467. The number of rotatable bonds is 5. The molecule has 0 aromatic carbocycles. The Balaban J connectivity index is 0. The van der Waals surface area contributed by atoms with Crippen molar-refractivity contribution in [3.8, 4) is 0 Å². The summed E-state index contributed by atoms with van der Waals surface area (Å²) in [5.74, 6) is -4.26. The Hall–Kier alpha value is -0.440. The number of carboxylic acids is 1. The molecular formula is C15H17NNa2O6. The predicted octanol–water partition coefficient (Wildman–Crippen LogP) is -6.47. The summed E-state index contributed by atoms with van der Waals surface area (Å²) >= 11 is 0. The maximum atomic E-state index is 12.1. The second-order valence-corrected chi connectivity index (χ2v) is 4.90. The van der Waals surface area contributed by atoms with Crippen molar-refractivity contribution in [1.29, 1.82) is 0 Å². The molecule has 1 amide bonds. The van der Waals surface area contributed by atoms with Crippen molar-refractivity contribution in [2.45, 2.75) is 40.5 Å². The number of amides is 1. The number of carbonyl (C=O) groups is 4. The van der Waals surface area contributed by atoms with Gasteiger partial charge in [-0.1, -0.05) is 13.8 Å². The van der Waals surface area contributed by atoms with E-state index in [0.717, 1.165) is 0 Å². The van der Waals surface area contributed by atoms with Crippen molar-refractivity contribution in [2.75, 3.05) is 0 Å². The Kier molecular flexibility index (Phi) is 11.3. The molecule has 0 N–H and O–H groups in total. The Morgan fingerprint density at radius 3 is 1.42 bits per heavy atom. The van der Waals surface area contributed by atoms with Crippen LogP contribution in [-0.4, -0.2) is 28.5 Å². The van der Waals surface area contributed by atoms with E-state index in [2.05, 4.69) is 0 Å². The average molecular weight is 353 g/mol. The first-order valence-corrected chi connectivity index (χ1v) is 6.88. The molecule has 1 aliphatic heterocycles. The van der Waals surface area contributed by atoms with Gasteiger partial charge in [0.1, 0.15) is 6.09 Å². The Morgan fingerprint density at radius 2 is 1.21 bits per heavy atom. The van der Waals surface area contributed by atoms with Gasteiger partial charge in [-0.3, -0.25) is 9.59 Å². The molecule has 0 saturated carbocycles. The van der Waals surface area contributed by atoms with Crippen molar-refractivity contribution >= 4 is 23.6 Å². The minimum atomic E-state index is -1.63. The summed E-state index contributed by atoms with van der Waals surface area (Å²) in [5, 5.41) is 22.8. The molecule has 0 saturated heterocycles. The van der Waals surface area contributed by atoms with E-state index < -0.39 is 29.5 Å². The van der Waals surface area contributed by atoms with Crippen molar-refractivity contribution in [1.82, 2.24) is 4.90 Å². The van der Waals surface area contributed by atoms with E-state index in [4.69, 9.17) is 0 Å². The molecule has 0 aromatic heterocycles. The third kappa shape index (κ3) is 4.80. The molecule has 7 nitrogen and oxygen atoms in total. The molecule has 1 aliphatic rings. The molecule has 24 heavy (non-hydrogen) atoms. The number of carboxylic acid groups (broad SMARTS) is 2. The van der Waals surface area contributed by atoms with Crippen LogP contribution in [0, 0.1) is 5.92 Å². The van der Waals surface area contributed by atoms with E-state index in [1.807, 2.05) is 0 Å². The zero-order valence-corrected chi connectivity index (χ0v) is 18.9. The standard InChI is InChI=1S/C15H19NO6.2Na/c1-5-9(17)11-7(3)16(15(21)22)8(4)12(10(18)6-2)13(11)14(19)20;;/h13H,5-6H2,1-4H3,(H,19,20)(H,21,22);;/q;2*+1/p-2. The summed E-state index contributed by atoms with van der Waals surface area (Å²) in [6.07, 6.45) is -1.68. The number of aliphatic carboxylic acids is 1. The number of carbonyl (C=O) groups excluding carboxylic acids is 4. The van der Waals surface area contributed by atoms with Gasteiger partial charge in [0, 0.05) is 35.4 Å². The summed E-state index contributed by atoms with van der Waals surface area (Å²) in [5.41, 5.74) is -0.611. The molecule has 1 rings (SSSR count). The van der Waals surface area contributed by atoms with Crippen LogP contribution in [0.5, 0.6) is 0 Å². The third-order valence-electron chi connectivity index (χ3n) is 3.69. The Morgan fingerprint density at radius 1 is 0.875 bits per heavy atom. The Bertz CT molecular complexity index is 583. The van der Waals surface area contributed by atoms with Crippen LogP contribution in [0.25, 0.3) is 0 Å². The fourth-order valence-electron chi connectivity index (χ4n) is 2.67. The van der Waals surface area contributed by atoms with E-state index in [-0.39, 0.29) is 94.5 Å². The van der Waals surface area contributed by atoms with Crippen LogP contribution in [0.3, 0.4) is 0 Å². The quantitative estimate of drug-likeness (QED) is 0.454. The maximum Gasteiger partial charge on any atom is 1.00 e. The van der Waals surface area contributed by atoms with Crippen LogP contribution in [0.1, 0.15) is 40.5 Å². The zero-order chi connectivity index (χ0) is 17.2. The van der Waals surface area contributed by atoms with Crippen molar-refractivity contribution < 1.29 is 88.5 Å². The fourth-order valence-corrected chi connectivity index (χ4v) is 2.67. The normalized spacial score (nSPS) is 14.8. The minimum Gasteiger partial charge on any atom is -0.549 e. The summed E-state index contributed by atoms with van der Waals surface area (Å²) in [7, 11) is 0. The van der Waals surface area contributed by atoms with Gasteiger partial charge < -0.3 is 24.7 Å². The number of hydrogen-bond acceptors (Lipinski definition) is 6. The van der Waals surface area contributed by atoms with Gasteiger partial charge in [0.2, 0.25) is 0 Å². The van der Waals surface area contributed by atoms with Gasteiger partial charge in [0.25, 0.3) is 0 Å². The first-order valence-electron chi connectivity index (χ1n) is 6.88. The molecular weight excluding hydrogens is 336 g/mol. The summed E-state index contributed by atoms with van der Waals surface area (Å²) < 4.78 is 0. The number of nitrogens with zero attached hydrogens (tertiary/aromatic N) is 1. The molecule has 120 valence electrons. The summed E-state index contributed by atoms with van der Waals surface area (Å²) in [6, 6.07) is 0. The van der Waals surface area contributed by atoms with Crippen molar-refractivity contribution in [2.24, 2.45) is 5.92 Å². The van der Waals surface area contributed by atoms with Gasteiger partial charge in [-0.25, -0.2) is 0 Å². The number of hydrogen-bond donors (Lipinski definition) is 0. The van der Waals surface area contributed by atoms with Crippen LogP contribution in [0.2, 0.25) is 0 Å². The zero-order valence-electron chi connectivity index (χ0n) is 14.9. The molecule has 0 radical (unpaired) electrons. The minimum absolute atomic E-state index is 0. The van der Waals surface area contributed by atoms with Gasteiger partial charge in [-0.05, 0) is 13.8 Å². The molecule has 0 atom stereocenters. The van der Waals surface area contributed by atoms with Gasteiger partial charge in [-0.2, -0.15) is 0 Å². The molecule has 0 unspecified atom stereocenters. The van der Waals surface area contributed by atoms with Gasteiger partial charge in [0.05, 0.1) is 11.9 Å². The third-order valence-corrected chi connectivity index (χ3v) is 3.69. The van der Waals surface area contributed by atoms with E-state index in [1.165, 1.54) is 27.7 Å². The largest absolute Gasteiger partial charge is 1.00 e. The van der Waals surface area contributed by atoms with Gasteiger partial charge in [-0.15, -0.1) is 0 Å².